The van der Waals surface area contributed by atoms with E-state index in [9.17, 15) is 19.2 Å². The molecule has 4 atom stereocenters. The Morgan fingerprint density at radius 1 is 0.667 bits per heavy atom. The van der Waals surface area contributed by atoms with E-state index in [-0.39, 0.29) is 41.7 Å². The molecule has 0 unspecified atom stereocenters. The molecule has 0 bridgehead atoms. The molecule has 5 aromatic rings. The summed E-state index contributed by atoms with van der Waals surface area (Å²) >= 11 is 0. The van der Waals surface area contributed by atoms with E-state index in [2.05, 4.69) is 86.6 Å². The zero-order valence-corrected chi connectivity index (χ0v) is 35.2. The minimum Gasteiger partial charge on any atom is -0.453 e. The van der Waals surface area contributed by atoms with Crippen molar-refractivity contribution >= 4 is 34.8 Å². The molecule has 4 amide bonds. The molecule has 14 nitrogen and oxygen atoms in total. The highest BCUT2D eigenvalue weighted by atomic mass is 16.5. The van der Waals surface area contributed by atoms with Crippen LogP contribution in [0.1, 0.15) is 90.0 Å². The molecule has 5 N–H and O–H groups in total. The minimum absolute atomic E-state index is 0.105. The number of carbonyl (C=O) groups is 4. The van der Waals surface area contributed by atoms with Crippen LogP contribution in [0.5, 0.6) is 0 Å². The lowest BCUT2D eigenvalue weighted by atomic mass is 9.96. The van der Waals surface area contributed by atoms with Crippen molar-refractivity contribution in [3.8, 4) is 33.6 Å². The normalized spacial score (nSPS) is 17.1. The molecular formula is C46H56N8O6. The predicted octanol–water partition coefficient (Wildman–Crippen LogP) is 8.06. The van der Waals surface area contributed by atoms with E-state index in [1.165, 1.54) is 14.2 Å². The van der Waals surface area contributed by atoms with Gasteiger partial charge in [-0.1, -0.05) is 89.1 Å². The van der Waals surface area contributed by atoms with Crippen molar-refractivity contribution in [3.63, 3.8) is 0 Å². The minimum atomic E-state index is -0.736. The maximum Gasteiger partial charge on any atom is 0.407 e. The Morgan fingerprint density at radius 3 is 1.88 bits per heavy atom. The van der Waals surface area contributed by atoms with Gasteiger partial charge in [-0.05, 0) is 83.0 Å². The highest BCUT2D eigenvalue weighted by Gasteiger charge is 2.38. The van der Waals surface area contributed by atoms with Crippen molar-refractivity contribution in [2.75, 3.05) is 20.8 Å². The zero-order valence-electron chi connectivity index (χ0n) is 35.2. The smallest absolute Gasteiger partial charge is 0.407 e. The number of nitrogens with zero attached hydrogens (tertiary/aromatic N) is 3. The van der Waals surface area contributed by atoms with Gasteiger partial charge < -0.3 is 40.3 Å². The van der Waals surface area contributed by atoms with Gasteiger partial charge in [0.2, 0.25) is 11.8 Å². The number of carbonyl (C=O) groups excluding carboxylic acids is 4. The summed E-state index contributed by atoms with van der Waals surface area (Å²) in [5, 5.41) is 10.8. The number of amides is 4. The quantitative estimate of drug-likeness (QED) is 0.0791. The third-order valence-electron chi connectivity index (χ3n) is 12.0. The summed E-state index contributed by atoms with van der Waals surface area (Å²) in [7, 11) is 2.58. The van der Waals surface area contributed by atoms with Crippen molar-refractivity contribution in [1.82, 2.24) is 40.8 Å². The highest BCUT2D eigenvalue weighted by molar-refractivity contribution is 5.91. The van der Waals surface area contributed by atoms with Gasteiger partial charge in [0.1, 0.15) is 23.7 Å². The second kappa shape index (κ2) is 18.4. The SMILES string of the molecule is COC(=O)N[C@H](C(=O)N[C@H](c1ncc(-c2ccc3cc(-c4ccc(-c5cnc([C@@H]6CCCN6C(=O)[C@@H](NC(=O)OC)C(C)C)[nH]5)cc4)ccc3c2)[nH]1)C1CCCC1)C(C)C. The second-order valence-electron chi connectivity index (χ2n) is 16.7. The number of alkyl carbamates (subject to hydrolysis) is 2. The van der Waals surface area contributed by atoms with Crippen molar-refractivity contribution in [2.45, 2.75) is 90.4 Å². The summed E-state index contributed by atoms with van der Waals surface area (Å²) in [6, 6.07) is 19.2. The molecule has 1 aliphatic heterocycles. The Balaban J connectivity index is 1.04. The first-order chi connectivity index (χ1) is 28.9. The molecule has 1 saturated carbocycles. The fourth-order valence-corrected chi connectivity index (χ4v) is 8.59. The number of imidazole rings is 2. The lowest BCUT2D eigenvalue weighted by molar-refractivity contribution is -0.135. The van der Waals surface area contributed by atoms with Gasteiger partial charge in [-0.25, -0.2) is 19.6 Å². The first kappa shape index (κ1) is 42.0. The van der Waals surface area contributed by atoms with Crippen LogP contribution in [-0.2, 0) is 19.1 Å². The van der Waals surface area contributed by atoms with Gasteiger partial charge >= 0.3 is 12.2 Å². The molecule has 3 heterocycles. The van der Waals surface area contributed by atoms with Crippen LogP contribution in [0.15, 0.2) is 73.1 Å². The Hall–Kier alpha value is -6.18. The fraction of sp³-hybridized carbons (Fsp3) is 0.435. The lowest BCUT2D eigenvalue weighted by Crippen LogP contribution is -2.51. The van der Waals surface area contributed by atoms with Crippen molar-refractivity contribution in [2.24, 2.45) is 17.8 Å². The van der Waals surface area contributed by atoms with E-state index in [0.717, 1.165) is 88.8 Å². The third kappa shape index (κ3) is 9.17. The van der Waals surface area contributed by atoms with Gasteiger partial charge in [0.15, 0.2) is 0 Å². The van der Waals surface area contributed by atoms with Crippen LogP contribution in [0.25, 0.3) is 44.4 Å². The third-order valence-corrected chi connectivity index (χ3v) is 12.0. The number of nitrogens with one attached hydrogen (secondary N) is 5. The summed E-state index contributed by atoms with van der Waals surface area (Å²) in [5.74, 6) is 1.04. The molecule has 0 spiro atoms. The number of likely N-dealkylation sites (tertiary alicyclic amines) is 1. The molecule has 2 aromatic heterocycles. The Morgan fingerprint density at radius 2 is 1.23 bits per heavy atom. The van der Waals surface area contributed by atoms with Crippen LogP contribution in [-0.4, -0.2) is 81.7 Å². The first-order valence-electron chi connectivity index (χ1n) is 21.0. The molecule has 3 aromatic carbocycles. The topological polar surface area (TPSA) is 183 Å². The van der Waals surface area contributed by atoms with Crippen molar-refractivity contribution in [3.05, 3.63) is 84.7 Å². The summed E-state index contributed by atoms with van der Waals surface area (Å²) in [6.07, 6.45) is 8.19. The molecule has 316 valence electrons. The monoisotopic (exact) mass is 816 g/mol. The first-order valence-corrected chi connectivity index (χ1v) is 21.0. The highest BCUT2D eigenvalue weighted by Crippen LogP contribution is 2.37. The van der Waals surface area contributed by atoms with Gasteiger partial charge in [-0.2, -0.15) is 0 Å². The molecule has 2 aliphatic rings. The zero-order chi connectivity index (χ0) is 42.5. The summed E-state index contributed by atoms with van der Waals surface area (Å²) in [6.45, 7) is 8.19. The predicted molar refractivity (Wildman–Crippen MR) is 229 cm³/mol. The molecule has 60 heavy (non-hydrogen) atoms. The number of fused-ring (bicyclic) bond motifs is 1. The lowest BCUT2D eigenvalue weighted by Gasteiger charge is -2.30. The molecule has 14 heteroatoms. The molecule has 7 rings (SSSR count). The van der Waals surface area contributed by atoms with Crippen molar-refractivity contribution in [1.29, 1.82) is 0 Å². The van der Waals surface area contributed by atoms with Crippen LogP contribution >= 0.6 is 0 Å². The number of hydrogen-bond donors (Lipinski definition) is 5. The van der Waals surface area contributed by atoms with E-state index in [1.807, 2.05) is 45.0 Å². The van der Waals surface area contributed by atoms with E-state index < -0.39 is 24.3 Å². The molecule has 1 aliphatic carbocycles. The average molecular weight is 817 g/mol. The van der Waals surface area contributed by atoms with Crippen LogP contribution < -0.4 is 16.0 Å². The van der Waals surface area contributed by atoms with Crippen molar-refractivity contribution < 1.29 is 28.7 Å². The van der Waals surface area contributed by atoms with Crippen LogP contribution in [0.3, 0.4) is 0 Å². The van der Waals surface area contributed by atoms with Gasteiger partial charge in [0.25, 0.3) is 0 Å². The maximum absolute atomic E-state index is 13.6. The Kier molecular flexibility index (Phi) is 12.9. The molecule has 2 fully saturated rings. The van der Waals surface area contributed by atoms with Gasteiger partial charge in [0.05, 0.1) is 50.1 Å². The van der Waals surface area contributed by atoms with E-state index in [0.29, 0.717) is 12.4 Å². The number of methoxy groups -OCH3 is 2. The number of benzene rings is 3. The number of ether oxygens (including phenoxy) is 2. The number of aromatic nitrogens is 4. The Labute approximate surface area is 350 Å². The van der Waals surface area contributed by atoms with Crippen LogP contribution in [0.4, 0.5) is 9.59 Å². The second-order valence-corrected chi connectivity index (χ2v) is 16.7. The summed E-state index contributed by atoms with van der Waals surface area (Å²) < 4.78 is 9.54. The molecular weight excluding hydrogens is 761 g/mol. The number of H-pyrrole nitrogens is 2. The number of hydrogen-bond acceptors (Lipinski definition) is 8. The standard InChI is InChI=1S/C46H56N8O6/c1-26(2)38(52-45(57)59-5)43(55)51-40(30-10-7-8-11-30)42-48-25-36(50-42)34-20-19-32-22-31(17-18-33(32)23-34)28-13-15-29(16-14-28)35-24-47-41(49-35)37-12-9-21-54(37)44(56)39(27(3)4)53-46(58)60-6/h13-20,22-27,30,37-40H,7-12,21H2,1-6H3,(H,47,49)(H,48,50)(H,51,55)(H,52,57)(H,53,58)/t37-,38-,39-,40-/m0/s1. The largest absolute Gasteiger partial charge is 0.453 e. The van der Waals surface area contributed by atoms with E-state index in [4.69, 9.17) is 19.4 Å². The van der Waals surface area contributed by atoms with Gasteiger partial charge in [-0.15, -0.1) is 0 Å². The van der Waals surface area contributed by atoms with Gasteiger partial charge in [-0.3, -0.25) is 9.59 Å². The molecule has 0 radical (unpaired) electrons. The Bertz CT molecular complexity index is 2310. The summed E-state index contributed by atoms with van der Waals surface area (Å²) in [4.78, 5) is 69.3. The molecule has 1 saturated heterocycles. The number of aromatic amines is 2. The van der Waals surface area contributed by atoms with Gasteiger partial charge in [0, 0.05) is 12.1 Å². The maximum atomic E-state index is 13.6. The van der Waals surface area contributed by atoms with Crippen LogP contribution in [0, 0.1) is 17.8 Å². The van der Waals surface area contributed by atoms with E-state index >= 15 is 0 Å². The van der Waals surface area contributed by atoms with Crippen LogP contribution in [0.2, 0.25) is 0 Å². The fourth-order valence-electron chi connectivity index (χ4n) is 8.59. The average Bonchev–Trinajstić information content (AvgIpc) is 4.11. The number of rotatable bonds is 13. The van der Waals surface area contributed by atoms with E-state index in [1.54, 1.807) is 0 Å². The summed E-state index contributed by atoms with van der Waals surface area (Å²) in [5.41, 5.74) is 5.87.